The molecule has 0 saturated carbocycles. The summed E-state index contributed by atoms with van der Waals surface area (Å²) in [5.41, 5.74) is 0.446. The molecular weight excluding hydrogens is 264 g/mol. The molecule has 2 rings (SSSR count). The predicted molar refractivity (Wildman–Crippen MR) is 74.9 cm³/mol. The maximum Gasteiger partial charge on any atom is 0.348 e. The number of hydrogen-bond donors (Lipinski definition) is 1. The molecule has 0 unspecified atom stereocenters. The van der Waals surface area contributed by atoms with Crippen LogP contribution in [0.1, 0.15) is 34.9 Å². The number of rotatable bonds is 3. The fourth-order valence-electron chi connectivity index (χ4n) is 1.96. The first-order valence-electron chi connectivity index (χ1n) is 6.04. The summed E-state index contributed by atoms with van der Waals surface area (Å²) in [4.78, 5) is 32.0. The minimum atomic E-state index is -0.426. The van der Waals surface area contributed by atoms with E-state index in [1.54, 1.807) is 6.92 Å². The average Bonchev–Trinajstić information content (AvgIpc) is 2.65. The molecule has 0 atom stereocenters. The first-order chi connectivity index (χ1) is 8.93. The maximum atomic E-state index is 12.1. The van der Waals surface area contributed by atoms with Gasteiger partial charge in [0.25, 0.3) is 5.56 Å². The minimum absolute atomic E-state index is 0.190. The number of carbonyl (C=O) groups excluding carboxylic acids is 1. The van der Waals surface area contributed by atoms with Crippen LogP contribution in [-0.2, 0) is 11.2 Å². The van der Waals surface area contributed by atoms with Crippen LogP contribution < -0.4 is 5.56 Å². The summed E-state index contributed by atoms with van der Waals surface area (Å²) in [5, 5.41) is 0.484. The molecule has 0 aromatic carbocycles. The minimum Gasteiger partial charge on any atom is -0.465 e. The second kappa shape index (κ2) is 5.13. The first kappa shape index (κ1) is 13.7. The summed E-state index contributed by atoms with van der Waals surface area (Å²) < 4.78 is 4.71. The van der Waals surface area contributed by atoms with E-state index in [4.69, 9.17) is 4.74 Å². The Morgan fingerprint density at radius 2 is 2.16 bits per heavy atom. The van der Waals surface area contributed by atoms with Crippen LogP contribution in [-0.4, -0.2) is 23.0 Å². The molecule has 0 saturated heterocycles. The van der Waals surface area contributed by atoms with Crippen molar-refractivity contribution in [2.45, 2.75) is 27.2 Å². The van der Waals surface area contributed by atoms with E-state index >= 15 is 0 Å². The van der Waals surface area contributed by atoms with Gasteiger partial charge in [-0.25, -0.2) is 9.78 Å². The van der Waals surface area contributed by atoms with Crippen LogP contribution in [0.2, 0.25) is 0 Å². The number of ether oxygens (including phenoxy) is 1. The van der Waals surface area contributed by atoms with E-state index in [9.17, 15) is 9.59 Å². The SMILES string of the molecule is COC(=O)c1sc2nc(CC(C)C)[nH]c(=O)c2c1C. The highest BCUT2D eigenvalue weighted by atomic mass is 32.1. The Kier molecular flexibility index (Phi) is 3.71. The molecule has 0 spiro atoms. The number of hydrogen-bond acceptors (Lipinski definition) is 5. The van der Waals surface area contributed by atoms with E-state index in [0.717, 1.165) is 0 Å². The number of thiophene rings is 1. The molecule has 19 heavy (non-hydrogen) atoms. The number of aryl methyl sites for hydroxylation is 1. The van der Waals surface area contributed by atoms with Gasteiger partial charge in [0.15, 0.2) is 0 Å². The molecule has 0 bridgehead atoms. The zero-order chi connectivity index (χ0) is 14.2. The molecule has 2 aromatic rings. The number of esters is 1. The molecular formula is C13H16N2O3S. The van der Waals surface area contributed by atoms with E-state index < -0.39 is 5.97 Å². The molecule has 2 heterocycles. The van der Waals surface area contributed by atoms with Crippen molar-refractivity contribution in [3.8, 4) is 0 Å². The molecule has 2 aromatic heterocycles. The van der Waals surface area contributed by atoms with E-state index in [1.807, 2.05) is 0 Å². The number of aromatic nitrogens is 2. The standard InChI is InChI=1S/C13H16N2O3S/c1-6(2)5-8-14-11(16)9-7(3)10(13(17)18-4)19-12(9)15-8/h6H,5H2,1-4H3,(H,14,15,16). The van der Waals surface area contributed by atoms with Gasteiger partial charge in [0.1, 0.15) is 15.5 Å². The van der Waals surface area contributed by atoms with Gasteiger partial charge in [-0.05, 0) is 18.4 Å². The Balaban J connectivity index is 2.63. The Morgan fingerprint density at radius 1 is 1.47 bits per heavy atom. The van der Waals surface area contributed by atoms with Crippen LogP contribution in [0, 0.1) is 12.8 Å². The number of carbonyl (C=O) groups is 1. The highest BCUT2D eigenvalue weighted by molar-refractivity contribution is 7.20. The summed E-state index contributed by atoms with van der Waals surface area (Å²) in [6.07, 6.45) is 0.704. The number of fused-ring (bicyclic) bond motifs is 1. The highest BCUT2D eigenvalue weighted by Gasteiger charge is 2.19. The summed E-state index contributed by atoms with van der Waals surface area (Å²) in [7, 11) is 1.33. The van der Waals surface area contributed by atoms with E-state index in [0.29, 0.717) is 38.8 Å². The zero-order valence-electron chi connectivity index (χ0n) is 11.4. The predicted octanol–water partition coefficient (Wildman–Crippen LogP) is 2.28. The van der Waals surface area contributed by atoms with Crippen molar-refractivity contribution >= 4 is 27.5 Å². The molecule has 102 valence electrons. The van der Waals surface area contributed by atoms with Crippen molar-refractivity contribution in [1.29, 1.82) is 0 Å². The van der Waals surface area contributed by atoms with Gasteiger partial charge >= 0.3 is 5.97 Å². The summed E-state index contributed by atoms with van der Waals surface area (Å²) in [5.74, 6) is 0.636. The normalized spacial score (nSPS) is 11.2. The fraction of sp³-hybridized carbons (Fsp3) is 0.462. The second-order valence-corrected chi connectivity index (χ2v) is 5.84. The third-order valence-electron chi connectivity index (χ3n) is 2.82. The van der Waals surface area contributed by atoms with Gasteiger partial charge in [0, 0.05) is 6.42 Å². The average molecular weight is 280 g/mol. The lowest BCUT2D eigenvalue weighted by Crippen LogP contribution is -2.13. The Hall–Kier alpha value is -1.69. The number of nitrogens with one attached hydrogen (secondary N) is 1. The summed E-state index contributed by atoms with van der Waals surface area (Å²) in [6.45, 7) is 5.86. The molecule has 0 aliphatic heterocycles. The molecule has 0 fully saturated rings. The number of aromatic amines is 1. The van der Waals surface area contributed by atoms with Crippen molar-refractivity contribution in [3.05, 3.63) is 26.6 Å². The lowest BCUT2D eigenvalue weighted by molar-refractivity contribution is 0.0605. The molecule has 6 heteroatoms. The molecule has 1 N–H and O–H groups in total. The van der Waals surface area contributed by atoms with Crippen molar-refractivity contribution in [1.82, 2.24) is 9.97 Å². The van der Waals surface area contributed by atoms with Gasteiger partial charge in [-0.15, -0.1) is 11.3 Å². The molecule has 0 amide bonds. The van der Waals surface area contributed by atoms with Gasteiger partial charge in [0.2, 0.25) is 0 Å². The summed E-state index contributed by atoms with van der Waals surface area (Å²) in [6, 6.07) is 0. The fourth-order valence-corrected chi connectivity index (χ4v) is 3.08. The van der Waals surface area contributed by atoms with Crippen molar-refractivity contribution in [3.63, 3.8) is 0 Å². The Bertz CT molecular complexity index is 685. The van der Waals surface area contributed by atoms with E-state index in [-0.39, 0.29) is 5.56 Å². The van der Waals surface area contributed by atoms with Gasteiger partial charge in [-0.3, -0.25) is 4.79 Å². The smallest absolute Gasteiger partial charge is 0.348 e. The van der Waals surface area contributed by atoms with Crippen LogP contribution in [0.15, 0.2) is 4.79 Å². The molecule has 5 nitrogen and oxygen atoms in total. The van der Waals surface area contributed by atoms with Gasteiger partial charge in [-0.1, -0.05) is 13.8 Å². The number of nitrogens with zero attached hydrogens (tertiary/aromatic N) is 1. The van der Waals surface area contributed by atoms with Gasteiger partial charge in [-0.2, -0.15) is 0 Å². The molecule has 0 radical (unpaired) electrons. The van der Waals surface area contributed by atoms with Crippen LogP contribution in [0.5, 0.6) is 0 Å². The second-order valence-electron chi connectivity index (χ2n) is 4.84. The highest BCUT2D eigenvalue weighted by Crippen LogP contribution is 2.27. The van der Waals surface area contributed by atoms with Gasteiger partial charge < -0.3 is 9.72 Å². The van der Waals surface area contributed by atoms with Crippen molar-refractivity contribution in [2.75, 3.05) is 7.11 Å². The quantitative estimate of drug-likeness (QED) is 0.875. The largest absolute Gasteiger partial charge is 0.465 e. The van der Waals surface area contributed by atoms with Crippen LogP contribution in [0.4, 0.5) is 0 Å². The molecule has 0 aliphatic carbocycles. The molecule has 0 aliphatic rings. The lowest BCUT2D eigenvalue weighted by atomic mass is 10.1. The summed E-state index contributed by atoms with van der Waals surface area (Å²) >= 11 is 1.21. The third kappa shape index (κ3) is 2.53. The van der Waals surface area contributed by atoms with Crippen molar-refractivity contribution < 1.29 is 9.53 Å². The van der Waals surface area contributed by atoms with Gasteiger partial charge in [0.05, 0.1) is 12.5 Å². The van der Waals surface area contributed by atoms with Crippen LogP contribution in [0.25, 0.3) is 10.2 Å². The third-order valence-corrected chi connectivity index (χ3v) is 3.99. The van der Waals surface area contributed by atoms with Crippen molar-refractivity contribution in [2.24, 2.45) is 5.92 Å². The first-order valence-corrected chi connectivity index (χ1v) is 6.86. The number of H-pyrrole nitrogens is 1. The monoisotopic (exact) mass is 280 g/mol. The Morgan fingerprint density at radius 3 is 2.74 bits per heavy atom. The topological polar surface area (TPSA) is 72.0 Å². The van der Waals surface area contributed by atoms with E-state index in [2.05, 4.69) is 23.8 Å². The number of methoxy groups -OCH3 is 1. The maximum absolute atomic E-state index is 12.1. The zero-order valence-corrected chi connectivity index (χ0v) is 12.2. The lowest BCUT2D eigenvalue weighted by Gasteiger charge is -2.03. The van der Waals surface area contributed by atoms with E-state index in [1.165, 1.54) is 18.4 Å². The van der Waals surface area contributed by atoms with Crippen LogP contribution >= 0.6 is 11.3 Å². The Labute approximate surface area is 114 Å². The van der Waals surface area contributed by atoms with Crippen LogP contribution in [0.3, 0.4) is 0 Å².